The van der Waals surface area contributed by atoms with E-state index in [0.717, 1.165) is 19.5 Å². The van der Waals surface area contributed by atoms with E-state index in [1.807, 2.05) is 18.7 Å². The minimum atomic E-state index is -0.203. The Morgan fingerprint density at radius 2 is 2.24 bits per heavy atom. The number of piperidine rings is 1. The fourth-order valence-corrected chi connectivity index (χ4v) is 2.78. The molecule has 2 saturated heterocycles. The first kappa shape index (κ1) is 12.8. The summed E-state index contributed by atoms with van der Waals surface area (Å²) >= 11 is 0. The van der Waals surface area contributed by atoms with Gasteiger partial charge in [-0.2, -0.15) is 0 Å². The molecule has 0 aliphatic carbocycles. The first-order valence-electron chi connectivity index (χ1n) is 6.66. The van der Waals surface area contributed by atoms with Crippen LogP contribution in [0.3, 0.4) is 0 Å². The largest absolute Gasteiger partial charge is 0.372 e. The number of ether oxygens (including phenoxy) is 1. The predicted molar refractivity (Wildman–Crippen MR) is 66.8 cm³/mol. The zero-order valence-electron chi connectivity index (χ0n) is 11.2. The molecule has 2 rings (SSSR count). The first-order chi connectivity index (χ1) is 7.99. The summed E-state index contributed by atoms with van der Waals surface area (Å²) in [5.41, 5.74) is -0.203. The van der Waals surface area contributed by atoms with Crippen molar-refractivity contribution in [2.75, 3.05) is 26.2 Å². The molecule has 2 fully saturated rings. The molecule has 0 aromatic carbocycles. The summed E-state index contributed by atoms with van der Waals surface area (Å²) in [5.74, 6) is 0.704. The minimum Gasteiger partial charge on any atom is -0.372 e. The summed E-state index contributed by atoms with van der Waals surface area (Å²) < 4.78 is 5.65. The first-order valence-corrected chi connectivity index (χ1v) is 6.66. The van der Waals surface area contributed by atoms with Gasteiger partial charge in [0.15, 0.2) is 0 Å². The van der Waals surface area contributed by atoms with Gasteiger partial charge in [-0.3, -0.25) is 4.79 Å². The van der Waals surface area contributed by atoms with Crippen LogP contribution in [0.15, 0.2) is 0 Å². The number of rotatable bonds is 1. The summed E-state index contributed by atoms with van der Waals surface area (Å²) in [6.45, 7) is 9.31. The number of morpholine rings is 1. The molecule has 0 saturated carbocycles. The molecule has 2 atom stereocenters. The third-order valence-electron chi connectivity index (χ3n) is 3.77. The van der Waals surface area contributed by atoms with Crippen LogP contribution < -0.4 is 5.32 Å². The van der Waals surface area contributed by atoms with Gasteiger partial charge in [0.2, 0.25) is 5.91 Å². The van der Waals surface area contributed by atoms with E-state index in [2.05, 4.69) is 12.2 Å². The monoisotopic (exact) mass is 240 g/mol. The Kier molecular flexibility index (Phi) is 3.73. The molecular formula is C13H24N2O2. The second-order valence-electron chi connectivity index (χ2n) is 5.92. The highest BCUT2D eigenvalue weighted by Gasteiger charge is 2.35. The normalized spacial score (nSPS) is 33.5. The van der Waals surface area contributed by atoms with Gasteiger partial charge in [0.05, 0.1) is 18.2 Å². The van der Waals surface area contributed by atoms with E-state index in [0.29, 0.717) is 19.1 Å². The van der Waals surface area contributed by atoms with E-state index < -0.39 is 0 Å². The average molecular weight is 240 g/mol. The molecule has 0 radical (unpaired) electrons. The highest BCUT2D eigenvalue weighted by Crippen LogP contribution is 2.21. The van der Waals surface area contributed by atoms with Crippen molar-refractivity contribution in [3.05, 3.63) is 0 Å². The fourth-order valence-electron chi connectivity index (χ4n) is 2.78. The van der Waals surface area contributed by atoms with E-state index in [9.17, 15) is 4.79 Å². The Balaban J connectivity index is 1.99. The predicted octanol–water partition coefficient (Wildman–Crippen LogP) is 1.01. The van der Waals surface area contributed by atoms with Gasteiger partial charge in [0.25, 0.3) is 0 Å². The summed E-state index contributed by atoms with van der Waals surface area (Å²) in [4.78, 5) is 14.4. The lowest BCUT2D eigenvalue weighted by molar-refractivity contribution is -0.149. The Bertz CT molecular complexity index is 291. The maximum Gasteiger partial charge on any atom is 0.240 e. The Morgan fingerprint density at radius 3 is 2.88 bits per heavy atom. The summed E-state index contributed by atoms with van der Waals surface area (Å²) in [6, 6.07) is 0.0117. The van der Waals surface area contributed by atoms with Gasteiger partial charge >= 0.3 is 0 Å². The van der Waals surface area contributed by atoms with Crippen LogP contribution in [0.2, 0.25) is 0 Å². The fraction of sp³-hybridized carbons (Fsp3) is 0.923. The Morgan fingerprint density at radius 1 is 1.47 bits per heavy atom. The highest BCUT2D eigenvalue weighted by molar-refractivity contribution is 5.82. The van der Waals surface area contributed by atoms with E-state index in [1.165, 1.54) is 6.42 Å². The van der Waals surface area contributed by atoms with Crippen molar-refractivity contribution in [2.24, 2.45) is 5.92 Å². The molecule has 0 aromatic rings. The molecule has 1 N–H and O–H groups in total. The maximum absolute atomic E-state index is 12.5. The Labute approximate surface area is 104 Å². The average Bonchev–Trinajstić information content (AvgIpc) is 2.27. The summed E-state index contributed by atoms with van der Waals surface area (Å²) in [5, 5.41) is 3.36. The number of nitrogens with zero attached hydrogens (tertiary/aromatic N) is 1. The lowest BCUT2D eigenvalue weighted by Gasteiger charge is -2.41. The third kappa shape index (κ3) is 2.99. The number of amides is 1. The molecule has 0 spiro atoms. The SMILES string of the molecule is CC1CCCNC1C(=O)N1CCOC(C)(C)C1. The zero-order valence-corrected chi connectivity index (χ0v) is 11.2. The smallest absolute Gasteiger partial charge is 0.240 e. The molecule has 2 unspecified atom stereocenters. The van der Waals surface area contributed by atoms with Crippen LogP contribution in [0.1, 0.15) is 33.6 Å². The van der Waals surface area contributed by atoms with Crippen molar-refractivity contribution in [3.63, 3.8) is 0 Å². The third-order valence-corrected chi connectivity index (χ3v) is 3.77. The van der Waals surface area contributed by atoms with E-state index in [-0.39, 0.29) is 17.6 Å². The van der Waals surface area contributed by atoms with Crippen molar-refractivity contribution in [1.29, 1.82) is 0 Å². The van der Waals surface area contributed by atoms with Crippen LogP contribution in [-0.2, 0) is 9.53 Å². The van der Waals surface area contributed by atoms with E-state index in [4.69, 9.17) is 4.74 Å². The van der Waals surface area contributed by atoms with Gasteiger partial charge in [0, 0.05) is 13.1 Å². The molecule has 17 heavy (non-hydrogen) atoms. The van der Waals surface area contributed by atoms with Gasteiger partial charge in [-0.15, -0.1) is 0 Å². The molecule has 2 heterocycles. The molecule has 2 aliphatic heterocycles. The standard InChI is InChI=1S/C13H24N2O2/c1-10-5-4-6-14-11(10)12(16)15-7-8-17-13(2,3)9-15/h10-11,14H,4-9H2,1-3H3. The Hall–Kier alpha value is -0.610. The summed E-state index contributed by atoms with van der Waals surface area (Å²) in [7, 11) is 0. The number of carbonyl (C=O) groups is 1. The van der Waals surface area contributed by atoms with E-state index >= 15 is 0 Å². The number of hydrogen-bond donors (Lipinski definition) is 1. The van der Waals surface area contributed by atoms with Crippen LogP contribution >= 0.6 is 0 Å². The maximum atomic E-state index is 12.5. The molecule has 2 aliphatic rings. The number of carbonyl (C=O) groups excluding carboxylic acids is 1. The van der Waals surface area contributed by atoms with Gasteiger partial charge in [0.1, 0.15) is 0 Å². The van der Waals surface area contributed by atoms with Crippen LogP contribution in [0, 0.1) is 5.92 Å². The number of nitrogens with one attached hydrogen (secondary N) is 1. The van der Waals surface area contributed by atoms with Crippen LogP contribution in [0.25, 0.3) is 0 Å². The minimum absolute atomic E-state index is 0.0117. The second-order valence-corrected chi connectivity index (χ2v) is 5.92. The van der Waals surface area contributed by atoms with Crippen LogP contribution in [0.5, 0.6) is 0 Å². The molecule has 4 nitrogen and oxygen atoms in total. The van der Waals surface area contributed by atoms with Crippen molar-refractivity contribution in [3.8, 4) is 0 Å². The van der Waals surface area contributed by atoms with Crippen molar-refractivity contribution in [2.45, 2.75) is 45.3 Å². The second kappa shape index (κ2) is 4.94. The quantitative estimate of drug-likeness (QED) is 0.744. The van der Waals surface area contributed by atoms with Crippen molar-refractivity contribution >= 4 is 5.91 Å². The molecule has 98 valence electrons. The van der Waals surface area contributed by atoms with Crippen molar-refractivity contribution in [1.82, 2.24) is 10.2 Å². The molecule has 0 bridgehead atoms. The van der Waals surface area contributed by atoms with Crippen molar-refractivity contribution < 1.29 is 9.53 Å². The molecule has 1 amide bonds. The van der Waals surface area contributed by atoms with Crippen LogP contribution in [-0.4, -0.2) is 48.7 Å². The van der Waals surface area contributed by atoms with Gasteiger partial charge in [-0.05, 0) is 39.2 Å². The van der Waals surface area contributed by atoms with E-state index in [1.54, 1.807) is 0 Å². The topological polar surface area (TPSA) is 41.6 Å². The van der Waals surface area contributed by atoms with Gasteiger partial charge < -0.3 is 15.0 Å². The zero-order chi connectivity index (χ0) is 12.5. The van der Waals surface area contributed by atoms with Gasteiger partial charge in [-0.1, -0.05) is 6.92 Å². The highest BCUT2D eigenvalue weighted by atomic mass is 16.5. The lowest BCUT2D eigenvalue weighted by Crippen LogP contribution is -2.58. The molecular weight excluding hydrogens is 216 g/mol. The van der Waals surface area contributed by atoms with Gasteiger partial charge in [-0.25, -0.2) is 0 Å². The lowest BCUT2D eigenvalue weighted by atomic mass is 9.91. The molecule has 0 aromatic heterocycles. The number of hydrogen-bond acceptors (Lipinski definition) is 3. The van der Waals surface area contributed by atoms with Crippen LogP contribution in [0.4, 0.5) is 0 Å². The summed E-state index contributed by atoms with van der Waals surface area (Å²) in [6.07, 6.45) is 2.33. The molecule has 4 heteroatoms.